The van der Waals surface area contributed by atoms with Crippen LogP contribution in [0.1, 0.15) is 25.0 Å². The molecule has 1 heterocycles. The summed E-state index contributed by atoms with van der Waals surface area (Å²) in [6.07, 6.45) is 0. The van der Waals surface area contributed by atoms with Gasteiger partial charge in [0.25, 0.3) is 0 Å². The van der Waals surface area contributed by atoms with Crippen LogP contribution >= 0.6 is 11.3 Å². The van der Waals surface area contributed by atoms with E-state index >= 15 is 0 Å². The molecule has 0 aliphatic heterocycles. The van der Waals surface area contributed by atoms with E-state index in [0.29, 0.717) is 0 Å². The second kappa shape index (κ2) is 13.2. The fourth-order valence-corrected chi connectivity index (χ4v) is 10.4. The van der Waals surface area contributed by atoms with Crippen molar-refractivity contribution in [2.24, 2.45) is 0 Å². The normalized spacial score (nSPS) is 12.9. The van der Waals surface area contributed by atoms with E-state index in [1.807, 2.05) is 11.3 Å². The van der Waals surface area contributed by atoms with Crippen LogP contribution in [0.4, 0.5) is 17.1 Å². The maximum Gasteiger partial charge on any atom is 0.0547 e. The van der Waals surface area contributed by atoms with E-state index < -0.39 is 0 Å². The van der Waals surface area contributed by atoms with Crippen molar-refractivity contribution in [2.75, 3.05) is 4.90 Å². The number of rotatable bonds is 6. The number of hydrogen-bond donors (Lipinski definition) is 0. The largest absolute Gasteiger partial charge is 0.310 e. The third kappa shape index (κ3) is 5.44. The summed E-state index contributed by atoms with van der Waals surface area (Å²) >= 11 is 1.87. The van der Waals surface area contributed by atoms with Gasteiger partial charge in [0.1, 0.15) is 0 Å². The van der Waals surface area contributed by atoms with Gasteiger partial charge in [-0.25, -0.2) is 0 Å². The summed E-state index contributed by atoms with van der Waals surface area (Å²) in [6, 6.07) is 73.9. The Morgan fingerprint density at radius 1 is 0.404 bits per heavy atom. The van der Waals surface area contributed by atoms with E-state index in [0.717, 1.165) is 17.1 Å². The summed E-state index contributed by atoms with van der Waals surface area (Å²) in [7, 11) is 0. The van der Waals surface area contributed by atoms with E-state index in [1.54, 1.807) is 0 Å². The predicted molar refractivity (Wildman–Crippen MR) is 245 cm³/mol. The molecule has 1 aromatic heterocycles. The molecule has 10 aromatic rings. The predicted octanol–water partition coefficient (Wildman–Crippen LogP) is 16.0. The molecule has 0 N–H and O–H groups in total. The van der Waals surface area contributed by atoms with Crippen LogP contribution in [-0.4, -0.2) is 0 Å². The number of nitrogens with zero attached hydrogens (tertiary/aromatic N) is 1. The van der Waals surface area contributed by atoms with Gasteiger partial charge >= 0.3 is 0 Å². The van der Waals surface area contributed by atoms with Gasteiger partial charge in [-0.15, -0.1) is 11.3 Å². The molecule has 1 aliphatic rings. The molecule has 9 aromatic carbocycles. The molecule has 0 atom stereocenters. The lowest BCUT2D eigenvalue weighted by atomic mass is 9.82. The topological polar surface area (TPSA) is 3.24 Å². The monoisotopic (exact) mass is 745 g/mol. The van der Waals surface area contributed by atoms with Gasteiger partial charge in [-0.3, -0.25) is 0 Å². The second-order valence-corrected chi connectivity index (χ2v) is 16.8. The van der Waals surface area contributed by atoms with Crippen LogP contribution in [0, 0.1) is 0 Å². The Morgan fingerprint density at radius 3 is 1.86 bits per heavy atom. The van der Waals surface area contributed by atoms with Crippen LogP contribution in [0.5, 0.6) is 0 Å². The van der Waals surface area contributed by atoms with Crippen LogP contribution < -0.4 is 4.90 Å². The van der Waals surface area contributed by atoms with Gasteiger partial charge < -0.3 is 4.90 Å². The Kier molecular flexibility index (Phi) is 7.77. The van der Waals surface area contributed by atoms with Gasteiger partial charge in [0, 0.05) is 42.5 Å². The zero-order chi connectivity index (χ0) is 38.1. The standard InChI is InChI=1S/C55H39NS/c1-55(2)48-21-10-8-18-45(48)46-32-31-42(35-49(46)55)56(41-29-27-37(28-30-41)36-13-4-3-5-14-36)50-33-34-52-54(47-19-9-11-22-51(47)57-52)53(50)40-25-23-39(24-26-40)44-20-12-16-38-15-6-7-17-43(38)44/h3-35H,1-2H3. The van der Waals surface area contributed by atoms with Crippen LogP contribution in [0.15, 0.2) is 200 Å². The molecule has 2 heteroatoms. The molecule has 1 aliphatic carbocycles. The minimum absolute atomic E-state index is 0.126. The number of thiophene rings is 1. The molecule has 0 spiro atoms. The number of benzene rings is 9. The van der Waals surface area contributed by atoms with E-state index in [2.05, 4.69) is 219 Å². The number of anilines is 3. The van der Waals surface area contributed by atoms with E-state index in [1.165, 1.54) is 86.6 Å². The zero-order valence-corrected chi connectivity index (χ0v) is 32.7. The zero-order valence-electron chi connectivity index (χ0n) is 31.9. The Morgan fingerprint density at radius 2 is 1.02 bits per heavy atom. The highest BCUT2D eigenvalue weighted by atomic mass is 32.1. The highest BCUT2D eigenvalue weighted by Crippen LogP contribution is 2.53. The Balaban J connectivity index is 1.15. The highest BCUT2D eigenvalue weighted by molar-refractivity contribution is 7.26. The maximum atomic E-state index is 2.49. The first-order chi connectivity index (χ1) is 28.0. The van der Waals surface area contributed by atoms with Crippen molar-refractivity contribution < 1.29 is 0 Å². The molecule has 0 saturated heterocycles. The Labute approximate surface area is 337 Å². The highest BCUT2D eigenvalue weighted by Gasteiger charge is 2.36. The maximum absolute atomic E-state index is 2.49. The molecule has 11 rings (SSSR count). The van der Waals surface area contributed by atoms with Crippen molar-refractivity contribution >= 4 is 59.3 Å². The third-order valence-electron chi connectivity index (χ3n) is 12.1. The first kappa shape index (κ1) is 33.6. The molecule has 57 heavy (non-hydrogen) atoms. The minimum Gasteiger partial charge on any atom is -0.310 e. The van der Waals surface area contributed by atoms with Crippen molar-refractivity contribution in [3.8, 4) is 44.5 Å². The summed E-state index contributed by atoms with van der Waals surface area (Å²) in [5, 5.41) is 5.11. The summed E-state index contributed by atoms with van der Waals surface area (Å²) < 4.78 is 2.59. The molecule has 0 unspecified atom stereocenters. The molecular formula is C55H39NS. The molecule has 0 bridgehead atoms. The number of fused-ring (bicyclic) bond motifs is 7. The summed E-state index contributed by atoms with van der Waals surface area (Å²) in [4.78, 5) is 2.49. The quantitative estimate of drug-likeness (QED) is 0.164. The summed E-state index contributed by atoms with van der Waals surface area (Å²) in [6.45, 7) is 4.74. The average Bonchev–Trinajstić information content (AvgIpc) is 3.76. The first-order valence-electron chi connectivity index (χ1n) is 19.8. The van der Waals surface area contributed by atoms with Crippen molar-refractivity contribution in [3.63, 3.8) is 0 Å². The van der Waals surface area contributed by atoms with Gasteiger partial charge in [0.05, 0.1) is 5.69 Å². The van der Waals surface area contributed by atoms with Crippen molar-refractivity contribution in [2.45, 2.75) is 19.3 Å². The van der Waals surface area contributed by atoms with Gasteiger partial charge in [-0.1, -0.05) is 172 Å². The van der Waals surface area contributed by atoms with E-state index in [-0.39, 0.29) is 5.41 Å². The lowest BCUT2D eigenvalue weighted by molar-refractivity contribution is 0.660. The number of hydrogen-bond acceptors (Lipinski definition) is 2. The Bertz CT molecular complexity index is 3130. The van der Waals surface area contributed by atoms with Crippen molar-refractivity contribution in [3.05, 3.63) is 211 Å². The third-order valence-corrected chi connectivity index (χ3v) is 13.2. The van der Waals surface area contributed by atoms with Gasteiger partial charge in [0.2, 0.25) is 0 Å². The summed E-state index contributed by atoms with van der Waals surface area (Å²) in [5.74, 6) is 0. The lowest BCUT2D eigenvalue weighted by Crippen LogP contribution is -2.17. The van der Waals surface area contributed by atoms with Gasteiger partial charge in [-0.2, -0.15) is 0 Å². The minimum atomic E-state index is -0.126. The molecule has 270 valence electrons. The fourth-order valence-electron chi connectivity index (χ4n) is 9.27. The molecule has 0 amide bonds. The SMILES string of the molecule is CC1(C)c2ccccc2-c2ccc(N(c3ccc(-c4ccccc4)cc3)c3ccc4sc5ccccc5c4c3-c3ccc(-c4cccc5ccccc45)cc3)cc21. The van der Waals surface area contributed by atoms with Crippen molar-refractivity contribution in [1.29, 1.82) is 0 Å². The van der Waals surface area contributed by atoms with Crippen LogP contribution in [-0.2, 0) is 5.41 Å². The van der Waals surface area contributed by atoms with Gasteiger partial charge in [-0.05, 0) is 103 Å². The fraction of sp³-hybridized carbons (Fsp3) is 0.0545. The summed E-state index contributed by atoms with van der Waals surface area (Å²) in [5.41, 5.74) is 16.0. The molecule has 0 saturated carbocycles. The van der Waals surface area contributed by atoms with Crippen LogP contribution in [0.2, 0.25) is 0 Å². The lowest BCUT2D eigenvalue weighted by Gasteiger charge is -2.30. The molecular weight excluding hydrogens is 707 g/mol. The van der Waals surface area contributed by atoms with Crippen LogP contribution in [0.25, 0.3) is 75.5 Å². The van der Waals surface area contributed by atoms with Crippen LogP contribution in [0.3, 0.4) is 0 Å². The van der Waals surface area contributed by atoms with E-state index in [9.17, 15) is 0 Å². The Hall–Kier alpha value is -6.74. The smallest absolute Gasteiger partial charge is 0.0547 e. The molecule has 0 fully saturated rings. The first-order valence-corrected chi connectivity index (χ1v) is 20.6. The second-order valence-electron chi connectivity index (χ2n) is 15.7. The molecule has 1 nitrogen and oxygen atoms in total. The molecule has 0 radical (unpaired) electrons. The van der Waals surface area contributed by atoms with Crippen molar-refractivity contribution in [1.82, 2.24) is 0 Å². The van der Waals surface area contributed by atoms with Gasteiger partial charge in [0.15, 0.2) is 0 Å². The average molecular weight is 746 g/mol. The van der Waals surface area contributed by atoms with E-state index in [4.69, 9.17) is 0 Å².